The van der Waals surface area contributed by atoms with Crippen LogP contribution in [0.2, 0.25) is 0 Å². The van der Waals surface area contributed by atoms with Crippen molar-refractivity contribution >= 4 is 11.9 Å². The lowest BCUT2D eigenvalue weighted by molar-refractivity contribution is -0.151. The van der Waals surface area contributed by atoms with E-state index >= 15 is 0 Å². The number of hydrogen-bond acceptors (Lipinski definition) is 2. The van der Waals surface area contributed by atoms with E-state index in [4.69, 9.17) is 0 Å². The third kappa shape index (κ3) is 2.80. The van der Waals surface area contributed by atoms with Crippen LogP contribution in [0.1, 0.15) is 36.8 Å². The lowest BCUT2D eigenvalue weighted by Gasteiger charge is -2.29. The first-order chi connectivity index (χ1) is 10.2. The summed E-state index contributed by atoms with van der Waals surface area (Å²) >= 11 is 0. The van der Waals surface area contributed by atoms with E-state index in [0.717, 1.165) is 32.1 Å². The first-order valence-electron chi connectivity index (χ1n) is 7.77. The Morgan fingerprint density at radius 3 is 2.33 bits per heavy atom. The summed E-state index contributed by atoms with van der Waals surface area (Å²) in [5, 5.41) is 9.41. The number of carboxylic acids is 1. The second-order valence-electron chi connectivity index (χ2n) is 6.11. The Balaban J connectivity index is 1.76. The molecule has 1 amide bonds. The highest BCUT2D eigenvalue weighted by Gasteiger charge is 2.36. The van der Waals surface area contributed by atoms with Crippen LogP contribution in [-0.4, -0.2) is 34.5 Å². The Hall–Kier alpha value is -1.84. The van der Waals surface area contributed by atoms with Crippen molar-refractivity contribution in [3.63, 3.8) is 0 Å². The molecule has 112 valence electrons. The van der Waals surface area contributed by atoms with Crippen molar-refractivity contribution < 1.29 is 14.7 Å². The van der Waals surface area contributed by atoms with Gasteiger partial charge in [-0.15, -0.1) is 0 Å². The van der Waals surface area contributed by atoms with Gasteiger partial charge in [-0.05, 0) is 36.8 Å². The van der Waals surface area contributed by atoms with Gasteiger partial charge in [0.15, 0.2) is 0 Å². The lowest BCUT2D eigenvalue weighted by atomic mass is 10.0. The maximum atomic E-state index is 12.8. The molecular weight excluding hydrogens is 266 g/mol. The van der Waals surface area contributed by atoms with E-state index in [-0.39, 0.29) is 11.8 Å². The molecule has 0 saturated carbocycles. The largest absolute Gasteiger partial charge is 0.480 e. The van der Waals surface area contributed by atoms with Crippen LogP contribution in [0, 0.1) is 5.92 Å². The highest BCUT2D eigenvalue weighted by Crippen LogP contribution is 2.29. The molecule has 4 nitrogen and oxygen atoms in total. The summed E-state index contributed by atoms with van der Waals surface area (Å²) in [4.78, 5) is 25.9. The first-order valence-corrected chi connectivity index (χ1v) is 7.77. The number of rotatable bonds is 2. The van der Waals surface area contributed by atoms with Crippen molar-refractivity contribution in [2.24, 2.45) is 5.92 Å². The van der Waals surface area contributed by atoms with Crippen molar-refractivity contribution in [2.75, 3.05) is 6.54 Å². The zero-order chi connectivity index (χ0) is 14.8. The van der Waals surface area contributed by atoms with Gasteiger partial charge in [0, 0.05) is 12.5 Å². The van der Waals surface area contributed by atoms with Gasteiger partial charge >= 0.3 is 5.97 Å². The average Bonchev–Trinajstić information content (AvgIpc) is 2.75. The molecule has 1 unspecified atom stereocenters. The Morgan fingerprint density at radius 1 is 1.05 bits per heavy atom. The van der Waals surface area contributed by atoms with E-state index in [0.29, 0.717) is 13.0 Å². The number of carbonyl (C=O) groups excluding carboxylic acids is 1. The van der Waals surface area contributed by atoms with Gasteiger partial charge in [0.2, 0.25) is 5.91 Å². The quantitative estimate of drug-likeness (QED) is 0.907. The number of benzene rings is 1. The van der Waals surface area contributed by atoms with E-state index in [1.165, 1.54) is 11.1 Å². The third-order valence-corrected chi connectivity index (χ3v) is 4.72. The molecule has 1 aliphatic heterocycles. The SMILES string of the molecule is O=C(O)C1CCCCCN1C(=O)C1Cc2ccccc2C1. The summed E-state index contributed by atoms with van der Waals surface area (Å²) in [6.07, 6.45) is 4.90. The lowest BCUT2D eigenvalue weighted by Crippen LogP contribution is -2.47. The molecule has 0 spiro atoms. The maximum Gasteiger partial charge on any atom is 0.326 e. The predicted octanol–water partition coefficient (Wildman–Crippen LogP) is 2.26. The monoisotopic (exact) mass is 287 g/mol. The summed E-state index contributed by atoms with van der Waals surface area (Å²) in [6.45, 7) is 0.586. The van der Waals surface area contributed by atoms with Crippen LogP contribution in [0.25, 0.3) is 0 Å². The van der Waals surface area contributed by atoms with Crippen LogP contribution in [0.5, 0.6) is 0 Å². The second-order valence-corrected chi connectivity index (χ2v) is 6.11. The van der Waals surface area contributed by atoms with Gasteiger partial charge in [-0.1, -0.05) is 37.1 Å². The fourth-order valence-electron chi connectivity index (χ4n) is 3.60. The Labute approximate surface area is 124 Å². The zero-order valence-corrected chi connectivity index (χ0v) is 12.1. The number of fused-ring (bicyclic) bond motifs is 1. The van der Waals surface area contributed by atoms with Crippen LogP contribution in [0.4, 0.5) is 0 Å². The highest BCUT2D eigenvalue weighted by atomic mass is 16.4. The maximum absolute atomic E-state index is 12.8. The molecule has 1 fully saturated rings. The molecule has 4 heteroatoms. The van der Waals surface area contributed by atoms with Crippen molar-refractivity contribution in [1.29, 1.82) is 0 Å². The summed E-state index contributed by atoms with van der Waals surface area (Å²) in [5.74, 6) is -0.913. The van der Waals surface area contributed by atoms with Gasteiger partial charge in [0.05, 0.1) is 0 Å². The number of amides is 1. The smallest absolute Gasteiger partial charge is 0.326 e. The van der Waals surface area contributed by atoms with Crippen LogP contribution in [-0.2, 0) is 22.4 Å². The van der Waals surface area contributed by atoms with E-state index in [1.54, 1.807) is 4.90 Å². The van der Waals surface area contributed by atoms with Gasteiger partial charge < -0.3 is 10.0 Å². The highest BCUT2D eigenvalue weighted by molar-refractivity contribution is 5.86. The zero-order valence-electron chi connectivity index (χ0n) is 12.1. The van der Waals surface area contributed by atoms with E-state index < -0.39 is 12.0 Å². The number of hydrogen-bond donors (Lipinski definition) is 1. The molecule has 1 saturated heterocycles. The van der Waals surface area contributed by atoms with Crippen LogP contribution in [0.15, 0.2) is 24.3 Å². The molecule has 1 heterocycles. The van der Waals surface area contributed by atoms with Gasteiger partial charge in [0.25, 0.3) is 0 Å². The Bertz CT molecular complexity index is 530. The number of aliphatic carboxylic acids is 1. The minimum Gasteiger partial charge on any atom is -0.480 e. The second kappa shape index (κ2) is 5.88. The minimum absolute atomic E-state index is 0.0282. The third-order valence-electron chi connectivity index (χ3n) is 4.72. The molecule has 1 aromatic rings. The summed E-state index contributed by atoms with van der Waals surface area (Å²) in [5.41, 5.74) is 2.47. The Morgan fingerprint density at radius 2 is 1.71 bits per heavy atom. The molecule has 0 bridgehead atoms. The number of likely N-dealkylation sites (tertiary alicyclic amines) is 1. The molecule has 1 aliphatic carbocycles. The van der Waals surface area contributed by atoms with Crippen LogP contribution < -0.4 is 0 Å². The number of nitrogens with zero attached hydrogens (tertiary/aromatic N) is 1. The van der Waals surface area contributed by atoms with Gasteiger partial charge in [-0.2, -0.15) is 0 Å². The normalized spacial score (nSPS) is 22.7. The fraction of sp³-hybridized carbons (Fsp3) is 0.529. The van der Waals surface area contributed by atoms with Crippen molar-refractivity contribution in [3.8, 4) is 0 Å². The van der Waals surface area contributed by atoms with E-state index in [2.05, 4.69) is 12.1 Å². The van der Waals surface area contributed by atoms with Gasteiger partial charge in [-0.3, -0.25) is 4.79 Å². The minimum atomic E-state index is -0.860. The van der Waals surface area contributed by atoms with Crippen molar-refractivity contribution in [1.82, 2.24) is 4.90 Å². The fourth-order valence-corrected chi connectivity index (χ4v) is 3.60. The summed E-state index contributed by atoms with van der Waals surface area (Å²) < 4.78 is 0. The van der Waals surface area contributed by atoms with Crippen molar-refractivity contribution in [3.05, 3.63) is 35.4 Å². The topological polar surface area (TPSA) is 57.6 Å². The van der Waals surface area contributed by atoms with Gasteiger partial charge in [0.1, 0.15) is 6.04 Å². The van der Waals surface area contributed by atoms with Crippen LogP contribution >= 0.6 is 0 Å². The van der Waals surface area contributed by atoms with Crippen LogP contribution in [0.3, 0.4) is 0 Å². The molecule has 3 rings (SSSR count). The van der Waals surface area contributed by atoms with E-state index in [1.807, 2.05) is 12.1 Å². The predicted molar refractivity (Wildman–Crippen MR) is 78.9 cm³/mol. The first kappa shape index (κ1) is 14.1. The summed E-state index contributed by atoms with van der Waals surface area (Å²) in [6, 6.07) is 7.50. The standard InChI is InChI=1S/C17H21NO3/c19-16(14-10-12-6-3-4-7-13(12)11-14)18-9-5-1-2-8-15(18)17(20)21/h3-4,6-7,14-15H,1-2,5,8-11H2,(H,20,21). The molecule has 21 heavy (non-hydrogen) atoms. The molecule has 0 radical (unpaired) electrons. The molecular formula is C17H21NO3. The molecule has 1 atom stereocenters. The summed E-state index contributed by atoms with van der Waals surface area (Å²) in [7, 11) is 0. The number of carbonyl (C=O) groups is 2. The molecule has 1 N–H and O–H groups in total. The number of carboxylic acid groups (broad SMARTS) is 1. The van der Waals surface area contributed by atoms with Gasteiger partial charge in [-0.25, -0.2) is 4.79 Å². The van der Waals surface area contributed by atoms with Crippen molar-refractivity contribution in [2.45, 2.75) is 44.6 Å². The average molecular weight is 287 g/mol. The Kier molecular flexibility index (Phi) is 3.95. The molecule has 1 aromatic carbocycles. The molecule has 0 aromatic heterocycles. The van der Waals surface area contributed by atoms with E-state index in [9.17, 15) is 14.7 Å². The molecule has 2 aliphatic rings.